The topological polar surface area (TPSA) is 54.2 Å². The average molecular weight is 278 g/mol. The van der Waals surface area contributed by atoms with E-state index in [-0.39, 0.29) is 0 Å². The Hall–Kier alpha value is -1.24. The van der Waals surface area contributed by atoms with E-state index in [1.807, 2.05) is 17.5 Å². The van der Waals surface area contributed by atoms with Crippen LogP contribution in [-0.4, -0.2) is 40.2 Å². The van der Waals surface area contributed by atoms with Crippen molar-refractivity contribution in [2.75, 3.05) is 13.1 Å². The van der Waals surface area contributed by atoms with Gasteiger partial charge in [-0.3, -0.25) is 4.90 Å². The van der Waals surface area contributed by atoms with E-state index < -0.39 is 0 Å². The summed E-state index contributed by atoms with van der Waals surface area (Å²) in [6.07, 6.45) is 0. The van der Waals surface area contributed by atoms with Crippen LogP contribution in [0.4, 0.5) is 0 Å². The second kappa shape index (κ2) is 5.40. The summed E-state index contributed by atoms with van der Waals surface area (Å²) >= 11 is 1.63. The molecule has 2 aromatic heterocycles. The van der Waals surface area contributed by atoms with Gasteiger partial charge in [-0.25, -0.2) is 0 Å². The van der Waals surface area contributed by atoms with E-state index in [0.29, 0.717) is 23.8 Å². The molecule has 0 radical (unpaired) electrons. The lowest BCUT2D eigenvalue weighted by atomic mass is 10.1. The molecule has 19 heavy (non-hydrogen) atoms. The molecule has 2 unspecified atom stereocenters. The monoisotopic (exact) mass is 278 g/mol. The number of nitrogens with zero attached hydrogens (tertiary/aromatic N) is 3. The lowest BCUT2D eigenvalue weighted by Crippen LogP contribution is -2.53. The van der Waals surface area contributed by atoms with Crippen LogP contribution in [0.5, 0.6) is 0 Å². The molecule has 3 rings (SSSR count). The Morgan fingerprint density at radius 3 is 3.21 bits per heavy atom. The summed E-state index contributed by atoms with van der Waals surface area (Å²) < 4.78 is 5.36. The smallest absolute Gasteiger partial charge is 0.241 e. The Morgan fingerprint density at radius 2 is 2.42 bits per heavy atom. The minimum Gasteiger partial charge on any atom is -0.338 e. The van der Waals surface area contributed by atoms with Crippen molar-refractivity contribution >= 4 is 11.3 Å². The summed E-state index contributed by atoms with van der Waals surface area (Å²) in [4.78, 5) is 7.91. The molecular weight excluding hydrogens is 260 g/mol. The molecule has 2 aromatic rings. The zero-order chi connectivity index (χ0) is 13.2. The fourth-order valence-corrected chi connectivity index (χ4v) is 2.97. The highest BCUT2D eigenvalue weighted by atomic mass is 32.1. The van der Waals surface area contributed by atoms with E-state index in [1.165, 1.54) is 0 Å². The number of aromatic nitrogens is 2. The number of piperazine rings is 1. The summed E-state index contributed by atoms with van der Waals surface area (Å²) in [5, 5.41) is 9.54. The molecule has 0 amide bonds. The molecule has 1 aliphatic heterocycles. The third-order valence-corrected chi connectivity index (χ3v) is 4.31. The second-order valence-electron chi connectivity index (χ2n) is 5.08. The number of nitrogens with one attached hydrogen (secondary N) is 1. The van der Waals surface area contributed by atoms with Crippen molar-refractivity contribution in [2.24, 2.45) is 0 Å². The first kappa shape index (κ1) is 12.8. The van der Waals surface area contributed by atoms with E-state index in [0.717, 1.165) is 24.5 Å². The van der Waals surface area contributed by atoms with Gasteiger partial charge in [0.25, 0.3) is 0 Å². The minimum absolute atomic E-state index is 0.494. The van der Waals surface area contributed by atoms with Crippen LogP contribution in [0.1, 0.15) is 19.7 Å². The molecule has 2 atom stereocenters. The second-order valence-corrected chi connectivity index (χ2v) is 6.02. The maximum absolute atomic E-state index is 5.36. The molecule has 1 saturated heterocycles. The van der Waals surface area contributed by atoms with E-state index in [4.69, 9.17) is 4.52 Å². The van der Waals surface area contributed by atoms with Crippen molar-refractivity contribution < 1.29 is 4.52 Å². The van der Waals surface area contributed by atoms with Crippen LogP contribution in [0.25, 0.3) is 10.7 Å². The van der Waals surface area contributed by atoms with Gasteiger partial charge in [-0.15, -0.1) is 11.3 Å². The van der Waals surface area contributed by atoms with Crippen molar-refractivity contribution in [1.82, 2.24) is 20.4 Å². The quantitative estimate of drug-likeness (QED) is 0.930. The first-order valence-corrected chi connectivity index (χ1v) is 7.44. The molecule has 1 N–H and O–H groups in total. The lowest BCUT2D eigenvalue weighted by molar-refractivity contribution is 0.123. The summed E-state index contributed by atoms with van der Waals surface area (Å²) in [5.41, 5.74) is 0. The Balaban J connectivity index is 1.70. The van der Waals surface area contributed by atoms with Crippen LogP contribution in [0, 0.1) is 0 Å². The van der Waals surface area contributed by atoms with Gasteiger partial charge < -0.3 is 9.84 Å². The molecule has 1 fully saturated rings. The molecule has 0 aliphatic carbocycles. The standard InChI is InChI=1S/C13H18N4OS/c1-9-7-17(10(2)6-14-9)8-12-15-13(16-18-12)11-4-3-5-19-11/h3-5,9-10,14H,6-8H2,1-2H3. The first-order chi connectivity index (χ1) is 9.22. The molecule has 0 bridgehead atoms. The van der Waals surface area contributed by atoms with Gasteiger partial charge in [0.15, 0.2) is 0 Å². The Kier molecular flexibility index (Phi) is 3.63. The number of thiophene rings is 1. The van der Waals surface area contributed by atoms with Gasteiger partial charge in [-0.1, -0.05) is 11.2 Å². The van der Waals surface area contributed by atoms with Crippen LogP contribution in [0.3, 0.4) is 0 Å². The summed E-state index contributed by atoms with van der Waals surface area (Å²) in [7, 11) is 0. The number of rotatable bonds is 3. The summed E-state index contributed by atoms with van der Waals surface area (Å²) in [5.74, 6) is 1.39. The molecule has 102 valence electrons. The largest absolute Gasteiger partial charge is 0.338 e. The maximum atomic E-state index is 5.36. The summed E-state index contributed by atoms with van der Waals surface area (Å²) in [6.45, 7) is 7.16. The summed E-state index contributed by atoms with van der Waals surface area (Å²) in [6, 6.07) is 5.01. The van der Waals surface area contributed by atoms with Crippen LogP contribution in [0.15, 0.2) is 22.0 Å². The van der Waals surface area contributed by atoms with Crippen LogP contribution in [-0.2, 0) is 6.54 Å². The Morgan fingerprint density at radius 1 is 1.53 bits per heavy atom. The van der Waals surface area contributed by atoms with Gasteiger partial charge in [0.05, 0.1) is 11.4 Å². The van der Waals surface area contributed by atoms with E-state index in [2.05, 4.69) is 34.2 Å². The van der Waals surface area contributed by atoms with E-state index in [1.54, 1.807) is 11.3 Å². The molecule has 1 aliphatic rings. The van der Waals surface area contributed by atoms with Crippen molar-refractivity contribution in [2.45, 2.75) is 32.5 Å². The number of hydrogen-bond acceptors (Lipinski definition) is 6. The highest BCUT2D eigenvalue weighted by Gasteiger charge is 2.24. The van der Waals surface area contributed by atoms with E-state index >= 15 is 0 Å². The SMILES string of the molecule is CC1CN(Cc2nc(-c3cccs3)no2)C(C)CN1. The molecule has 0 spiro atoms. The third-order valence-electron chi connectivity index (χ3n) is 3.44. The van der Waals surface area contributed by atoms with Gasteiger partial charge in [-0.05, 0) is 25.3 Å². The molecule has 5 nitrogen and oxygen atoms in total. The fraction of sp³-hybridized carbons (Fsp3) is 0.538. The molecule has 6 heteroatoms. The zero-order valence-electron chi connectivity index (χ0n) is 11.2. The van der Waals surface area contributed by atoms with Crippen LogP contribution < -0.4 is 5.32 Å². The van der Waals surface area contributed by atoms with Crippen molar-refractivity contribution in [3.05, 3.63) is 23.4 Å². The number of hydrogen-bond donors (Lipinski definition) is 1. The normalized spacial score (nSPS) is 24.7. The van der Waals surface area contributed by atoms with Gasteiger partial charge in [0.1, 0.15) is 0 Å². The predicted molar refractivity (Wildman–Crippen MR) is 74.9 cm³/mol. The van der Waals surface area contributed by atoms with Crippen molar-refractivity contribution in [3.63, 3.8) is 0 Å². The van der Waals surface area contributed by atoms with Gasteiger partial charge in [-0.2, -0.15) is 4.98 Å². The van der Waals surface area contributed by atoms with Crippen LogP contribution >= 0.6 is 11.3 Å². The molecule has 3 heterocycles. The molecule has 0 aromatic carbocycles. The maximum Gasteiger partial charge on any atom is 0.241 e. The third kappa shape index (κ3) is 2.86. The van der Waals surface area contributed by atoms with Gasteiger partial charge in [0.2, 0.25) is 11.7 Å². The minimum atomic E-state index is 0.494. The zero-order valence-corrected chi connectivity index (χ0v) is 12.0. The Bertz CT molecular complexity index is 524. The molecule has 0 saturated carbocycles. The molecular formula is C13H18N4OS. The first-order valence-electron chi connectivity index (χ1n) is 6.56. The average Bonchev–Trinajstić information content (AvgIpc) is 3.04. The van der Waals surface area contributed by atoms with Crippen molar-refractivity contribution in [3.8, 4) is 10.7 Å². The van der Waals surface area contributed by atoms with E-state index in [9.17, 15) is 0 Å². The highest BCUT2D eigenvalue weighted by Crippen LogP contribution is 2.22. The van der Waals surface area contributed by atoms with Gasteiger partial charge >= 0.3 is 0 Å². The van der Waals surface area contributed by atoms with Crippen molar-refractivity contribution in [1.29, 1.82) is 0 Å². The van der Waals surface area contributed by atoms with Gasteiger partial charge in [0, 0.05) is 25.2 Å². The fourth-order valence-electron chi connectivity index (χ4n) is 2.32. The highest BCUT2D eigenvalue weighted by molar-refractivity contribution is 7.13. The lowest BCUT2D eigenvalue weighted by Gasteiger charge is -2.36. The predicted octanol–water partition coefficient (Wildman–Crippen LogP) is 1.98. The van der Waals surface area contributed by atoms with Crippen LogP contribution in [0.2, 0.25) is 0 Å². The Labute approximate surface area is 116 Å².